The molecule has 3 rings (SSSR count). The van der Waals surface area contributed by atoms with Crippen molar-refractivity contribution in [2.45, 2.75) is 31.7 Å². The highest BCUT2D eigenvalue weighted by molar-refractivity contribution is 8.14. The Bertz CT molecular complexity index is 981. The molecule has 9 heteroatoms. The van der Waals surface area contributed by atoms with E-state index >= 15 is 0 Å². The van der Waals surface area contributed by atoms with E-state index in [1.54, 1.807) is 54.6 Å². The highest BCUT2D eigenvalue weighted by Gasteiger charge is 2.36. The van der Waals surface area contributed by atoms with Crippen LogP contribution in [0.3, 0.4) is 0 Å². The van der Waals surface area contributed by atoms with Crippen molar-refractivity contribution >= 4 is 34.7 Å². The van der Waals surface area contributed by atoms with Gasteiger partial charge in [-0.2, -0.15) is 0 Å². The van der Waals surface area contributed by atoms with Crippen molar-refractivity contribution in [1.82, 2.24) is 10.6 Å². The molecule has 0 bridgehead atoms. The van der Waals surface area contributed by atoms with Gasteiger partial charge in [0.25, 0.3) is 0 Å². The molecule has 0 spiro atoms. The van der Waals surface area contributed by atoms with Gasteiger partial charge in [-0.25, -0.2) is 4.79 Å². The monoisotopic (exact) mass is 442 g/mol. The Hall–Kier alpha value is -3.17. The first kappa shape index (κ1) is 22.5. The molecule has 1 aliphatic heterocycles. The second-order valence-electron chi connectivity index (χ2n) is 6.99. The summed E-state index contributed by atoms with van der Waals surface area (Å²) >= 11 is 0.937. The Labute approximate surface area is 183 Å². The van der Waals surface area contributed by atoms with E-state index in [0.717, 1.165) is 17.3 Å². The molecule has 0 radical (unpaired) electrons. The van der Waals surface area contributed by atoms with Gasteiger partial charge < -0.3 is 15.2 Å². The minimum Gasteiger partial charge on any atom is -0.450 e. The van der Waals surface area contributed by atoms with Gasteiger partial charge in [-0.15, -0.1) is 0 Å². The number of thioether (sulfide) groups is 1. The van der Waals surface area contributed by atoms with Crippen LogP contribution in [0.5, 0.6) is 0 Å². The van der Waals surface area contributed by atoms with Gasteiger partial charge in [-0.1, -0.05) is 66.4 Å². The minimum atomic E-state index is -1.45. The van der Waals surface area contributed by atoms with Gasteiger partial charge in [0.1, 0.15) is 0 Å². The number of carbonyl (C=O) groups is 4. The summed E-state index contributed by atoms with van der Waals surface area (Å²) < 4.78 is 4.85. The molecule has 2 aromatic carbocycles. The van der Waals surface area contributed by atoms with Crippen molar-refractivity contribution in [2.75, 3.05) is 5.75 Å². The first-order valence-corrected chi connectivity index (χ1v) is 10.6. The van der Waals surface area contributed by atoms with Crippen molar-refractivity contribution < 1.29 is 29.0 Å². The molecule has 162 valence electrons. The molecule has 0 fully saturated rings. The molecule has 31 heavy (non-hydrogen) atoms. The number of hydrogen-bond donors (Lipinski definition) is 3. The standard InChI is InChI=1S/C22H22N2O6S/c1-13(25)23-17(12-31-21(27)14-7-3-2-4-8-14)20(26)19-16-10-6-5-9-15(16)11-18(24-19)30-22(28)29/h2-10,17-19,24H,11-12H2,1H3,(H,23,25)(H,28,29)/t17-,18?,19?/m1/s1. The van der Waals surface area contributed by atoms with Crippen LogP contribution in [-0.2, 0) is 20.7 Å². The lowest BCUT2D eigenvalue weighted by Gasteiger charge is -2.33. The fourth-order valence-electron chi connectivity index (χ4n) is 3.43. The van der Waals surface area contributed by atoms with E-state index < -0.39 is 30.4 Å². The molecule has 0 saturated carbocycles. The molecule has 1 aliphatic rings. The Kier molecular flexibility index (Phi) is 7.43. The maximum absolute atomic E-state index is 13.4. The molecule has 3 N–H and O–H groups in total. The van der Waals surface area contributed by atoms with Crippen LogP contribution >= 0.6 is 11.8 Å². The zero-order chi connectivity index (χ0) is 22.4. The van der Waals surface area contributed by atoms with Gasteiger partial charge >= 0.3 is 6.16 Å². The van der Waals surface area contributed by atoms with E-state index in [2.05, 4.69) is 10.6 Å². The third-order valence-electron chi connectivity index (χ3n) is 4.76. The second-order valence-corrected chi connectivity index (χ2v) is 7.99. The third kappa shape index (κ3) is 5.93. The Morgan fingerprint density at radius 1 is 1.13 bits per heavy atom. The van der Waals surface area contributed by atoms with Crippen molar-refractivity contribution in [2.24, 2.45) is 0 Å². The predicted molar refractivity (Wildman–Crippen MR) is 115 cm³/mol. The second kappa shape index (κ2) is 10.2. The summed E-state index contributed by atoms with van der Waals surface area (Å²) in [6, 6.07) is 13.9. The number of hydrogen-bond acceptors (Lipinski definition) is 7. The van der Waals surface area contributed by atoms with Crippen LogP contribution in [0.4, 0.5) is 4.79 Å². The van der Waals surface area contributed by atoms with Crippen LogP contribution < -0.4 is 10.6 Å². The lowest BCUT2D eigenvalue weighted by molar-refractivity contribution is -0.128. The van der Waals surface area contributed by atoms with Crippen LogP contribution in [-0.4, -0.2) is 46.1 Å². The molecule has 1 amide bonds. The van der Waals surface area contributed by atoms with Crippen LogP contribution in [0, 0.1) is 0 Å². The van der Waals surface area contributed by atoms with Crippen molar-refractivity contribution in [3.8, 4) is 0 Å². The van der Waals surface area contributed by atoms with Crippen LogP contribution in [0.2, 0.25) is 0 Å². The Balaban J connectivity index is 1.80. The van der Waals surface area contributed by atoms with Gasteiger partial charge in [0, 0.05) is 24.7 Å². The highest BCUT2D eigenvalue weighted by atomic mass is 32.2. The van der Waals surface area contributed by atoms with Crippen LogP contribution in [0.1, 0.15) is 34.5 Å². The fraction of sp³-hybridized carbons (Fsp3) is 0.273. The molecule has 0 aromatic heterocycles. The number of Topliss-reactive ketones (excluding diaryl/α,β-unsaturated/α-hetero) is 1. The molecule has 0 aliphatic carbocycles. The van der Waals surface area contributed by atoms with Crippen LogP contribution in [0.15, 0.2) is 54.6 Å². The first-order valence-electron chi connectivity index (χ1n) is 9.61. The maximum atomic E-state index is 13.4. The van der Waals surface area contributed by atoms with E-state index in [9.17, 15) is 19.2 Å². The summed E-state index contributed by atoms with van der Waals surface area (Å²) in [5.41, 5.74) is 1.96. The summed E-state index contributed by atoms with van der Waals surface area (Å²) in [6.07, 6.45) is -2.08. The van der Waals surface area contributed by atoms with Gasteiger partial charge in [0.2, 0.25) is 11.0 Å². The number of carboxylic acid groups (broad SMARTS) is 1. The van der Waals surface area contributed by atoms with Crippen molar-refractivity contribution in [1.29, 1.82) is 0 Å². The van der Waals surface area contributed by atoms with Gasteiger partial charge in [-0.3, -0.25) is 19.7 Å². The topological polar surface area (TPSA) is 122 Å². The Morgan fingerprint density at radius 3 is 2.48 bits per heavy atom. The highest BCUT2D eigenvalue weighted by Crippen LogP contribution is 2.28. The average molecular weight is 442 g/mol. The largest absolute Gasteiger partial charge is 0.507 e. The number of ether oxygens (including phenoxy) is 1. The lowest BCUT2D eigenvalue weighted by atomic mass is 9.89. The number of carbonyl (C=O) groups excluding carboxylic acids is 3. The Morgan fingerprint density at radius 2 is 1.81 bits per heavy atom. The maximum Gasteiger partial charge on any atom is 0.507 e. The minimum absolute atomic E-state index is 0.0386. The number of benzene rings is 2. The SMILES string of the molecule is CC(=O)N[C@H](CSC(=O)c1ccccc1)C(=O)C1NC(OC(=O)O)Cc2ccccc21. The van der Waals surface area contributed by atoms with E-state index in [0.29, 0.717) is 11.1 Å². The summed E-state index contributed by atoms with van der Waals surface area (Å²) in [7, 11) is 0. The first-order chi connectivity index (χ1) is 14.8. The van der Waals surface area contributed by atoms with E-state index in [1.807, 2.05) is 0 Å². The van der Waals surface area contributed by atoms with Gasteiger partial charge in [0.05, 0.1) is 12.1 Å². The normalized spacial score (nSPS) is 18.4. The summed E-state index contributed by atoms with van der Waals surface area (Å²) in [6.45, 7) is 1.29. The third-order valence-corrected chi connectivity index (χ3v) is 5.76. The molecule has 8 nitrogen and oxygen atoms in total. The quantitative estimate of drug-likeness (QED) is 0.559. The molecule has 0 saturated heterocycles. The molecular weight excluding hydrogens is 420 g/mol. The summed E-state index contributed by atoms with van der Waals surface area (Å²) in [5.74, 6) is -0.750. The van der Waals surface area contributed by atoms with E-state index in [4.69, 9.17) is 9.84 Å². The van der Waals surface area contributed by atoms with Gasteiger partial charge in [0.15, 0.2) is 12.0 Å². The molecular formula is C22H22N2O6S. The average Bonchev–Trinajstić information content (AvgIpc) is 2.75. The number of ketones is 1. The van der Waals surface area contributed by atoms with Gasteiger partial charge in [-0.05, 0) is 11.1 Å². The number of amides is 1. The number of rotatable bonds is 7. The molecule has 1 heterocycles. The summed E-state index contributed by atoms with van der Waals surface area (Å²) in [4.78, 5) is 48.5. The molecule has 2 aromatic rings. The molecule has 3 atom stereocenters. The zero-order valence-corrected chi connectivity index (χ0v) is 17.6. The molecule has 2 unspecified atom stereocenters. The number of nitrogens with one attached hydrogen (secondary N) is 2. The smallest absolute Gasteiger partial charge is 0.450 e. The van der Waals surface area contributed by atoms with E-state index in [-0.39, 0.29) is 23.1 Å². The predicted octanol–water partition coefficient (Wildman–Crippen LogP) is 2.54. The fourth-order valence-corrected chi connectivity index (χ4v) is 4.30. The zero-order valence-electron chi connectivity index (χ0n) is 16.7. The summed E-state index contributed by atoms with van der Waals surface area (Å²) in [5, 5.41) is 14.3. The lowest BCUT2D eigenvalue weighted by Crippen LogP contribution is -2.52. The number of fused-ring (bicyclic) bond motifs is 1. The van der Waals surface area contributed by atoms with Crippen molar-refractivity contribution in [3.05, 3.63) is 71.3 Å². The van der Waals surface area contributed by atoms with Crippen LogP contribution in [0.25, 0.3) is 0 Å². The van der Waals surface area contributed by atoms with E-state index in [1.165, 1.54) is 6.92 Å². The van der Waals surface area contributed by atoms with Crippen molar-refractivity contribution in [3.63, 3.8) is 0 Å².